The Morgan fingerprint density at radius 3 is 2.19 bits per heavy atom. The van der Waals surface area contributed by atoms with E-state index in [0.717, 1.165) is 0 Å². The number of aliphatic hydroxyl groups excluding tert-OH is 1. The molecule has 1 fully saturated rings. The second-order valence-electron chi connectivity index (χ2n) is 9.79. The molecule has 0 unspecified atom stereocenters. The Kier molecular flexibility index (Phi) is 16.4. The number of carbonyl (C=O) groups is 4. The van der Waals surface area contributed by atoms with Crippen LogP contribution in [0.3, 0.4) is 0 Å². The molecule has 1 saturated carbocycles. The minimum absolute atomic E-state index is 0.136. The van der Waals surface area contributed by atoms with Crippen molar-refractivity contribution in [2.45, 2.75) is 44.8 Å². The number of ether oxygens (including phenoxy) is 3. The number of aliphatic hydroxyl groups is 1. The van der Waals surface area contributed by atoms with Crippen LogP contribution in [0, 0.1) is 5.41 Å². The van der Waals surface area contributed by atoms with E-state index in [9.17, 15) is 24.3 Å². The van der Waals surface area contributed by atoms with E-state index in [1.807, 2.05) is 0 Å². The third-order valence-electron chi connectivity index (χ3n) is 6.75. The summed E-state index contributed by atoms with van der Waals surface area (Å²) in [6, 6.07) is 4.94. The zero-order valence-corrected chi connectivity index (χ0v) is 24.2. The summed E-state index contributed by atoms with van der Waals surface area (Å²) in [5.41, 5.74) is 13.2. The zero-order valence-electron chi connectivity index (χ0n) is 24.2. The van der Waals surface area contributed by atoms with Gasteiger partial charge in [-0.25, -0.2) is 4.79 Å². The van der Waals surface area contributed by atoms with Gasteiger partial charge < -0.3 is 46.3 Å². The third kappa shape index (κ3) is 12.8. The van der Waals surface area contributed by atoms with E-state index in [1.54, 1.807) is 24.3 Å². The first kappa shape index (κ1) is 35.2. The van der Waals surface area contributed by atoms with Crippen LogP contribution in [0.15, 0.2) is 29.4 Å². The quantitative estimate of drug-likeness (QED) is 0.0360. The average Bonchev–Trinajstić information content (AvgIpc) is 2.96. The first-order chi connectivity index (χ1) is 20.8. The number of rotatable bonds is 22. The average molecular weight is 607 g/mol. The standard InChI is InChI=1S/C27H42N8O8/c28-26(40)31-10-1-3-22(23(37)33-21-6-4-20(19-36)5-7-21)34-25(39)27(8-2-9-27)24(38)30-11-13-41-15-17-43-18-16-42-14-12-32-35-29/h4-7,22,36H,1-3,8-19H2,(H,30,38)(H,33,37)(H,34,39)(H3,28,31,40)/t22-/m0/s1. The molecule has 16 nitrogen and oxygen atoms in total. The highest BCUT2D eigenvalue weighted by atomic mass is 16.5. The molecule has 2 rings (SSSR count). The fourth-order valence-corrected chi connectivity index (χ4v) is 4.19. The van der Waals surface area contributed by atoms with E-state index in [2.05, 4.69) is 31.3 Å². The zero-order chi connectivity index (χ0) is 31.3. The lowest BCUT2D eigenvalue weighted by molar-refractivity contribution is -0.151. The topological polar surface area (TPSA) is 239 Å². The van der Waals surface area contributed by atoms with Gasteiger partial charge in [-0.15, -0.1) is 0 Å². The monoisotopic (exact) mass is 606 g/mol. The first-order valence-electron chi connectivity index (χ1n) is 14.2. The number of azide groups is 1. The fraction of sp³-hybridized carbons (Fsp3) is 0.630. The first-order valence-corrected chi connectivity index (χ1v) is 14.2. The summed E-state index contributed by atoms with van der Waals surface area (Å²) in [5, 5.41) is 23.3. The maximum atomic E-state index is 13.4. The third-order valence-corrected chi connectivity index (χ3v) is 6.75. The number of nitrogens with zero attached hydrogens (tertiary/aromatic N) is 3. The molecule has 43 heavy (non-hydrogen) atoms. The summed E-state index contributed by atoms with van der Waals surface area (Å²) in [6.45, 7) is 2.47. The summed E-state index contributed by atoms with van der Waals surface area (Å²) in [5.74, 6) is -1.44. The SMILES string of the molecule is [N-]=[N+]=NCCOCCOCCOCCNC(=O)C1(C(=O)N[C@@H](CCCNC(N)=O)C(=O)Nc2ccc(CO)cc2)CCC1. The van der Waals surface area contributed by atoms with E-state index in [0.29, 0.717) is 70.0 Å². The Morgan fingerprint density at radius 1 is 0.953 bits per heavy atom. The van der Waals surface area contributed by atoms with E-state index in [-0.39, 0.29) is 39.3 Å². The molecule has 0 radical (unpaired) electrons. The second kappa shape index (κ2) is 20.0. The van der Waals surface area contributed by atoms with Crippen LogP contribution in [-0.2, 0) is 35.2 Å². The van der Waals surface area contributed by atoms with Crippen LogP contribution in [0.1, 0.15) is 37.7 Å². The molecule has 1 aliphatic rings. The number of primary amides is 1. The predicted octanol–water partition coefficient (Wildman–Crippen LogP) is 0.697. The number of benzene rings is 1. The summed E-state index contributed by atoms with van der Waals surface area (Å²) in [4.78, 5) is 53.2. The number of nitrogens with two attached hydrogens (primary N) is 1. The van der Waals surface area contributed by atoms with Crippen LogP contribution in [-0.4, -0.2) is 94.2 Å². The molecule has 0 spiro atoms. The van der Waals surface area contributed by atoms with Crippen LogP contribution in [0.4, 0.5) is 10.5 Å². The molecule has 0 bridgehead atoms. The van der Waals surface area contributed by atoms with Gasteiger partial charge in [-0.05, 0) is 48.9 Å². The highest BCUT2D eigenvalue weighted by Gasteiger charge is 2.51. The summed E-state index contributed by atoms with van der Waals surface area (Å²) >= 11 is 0. The van der Waals surface area contributed by atoms with E-state index >= 15 is 0 Å². The van der Waals surface area contributed by atoms with Crippen LogP contribution in [0.5, 0.6) is 0 Å². The molecule has 1 aliphatic carbocycles. The second-order valence-corrected chi connectivity index (χ2v) is 9.79. The molecule has 0 aromatic heterocycles. The van der Waals surface area contributed by atoms with Crippen molar-refractivity contribution in [3.05, 3.63) is 40.3 Å². The number of hydrogen-bond acceptors (Lipinski definition) is 9. The van der Waals surface area contributed by atoms with Gasteiger partial charge in [0.2, 0.25) is 17.7 Å². The highest BCUT2D eigenvalue weighted by Crippen LogP contribution is 2.41. The van der Waals surface area contributed by atoms with Crippen molar-refractivity contribution in [2.75, 3.05) is 64.6 Å². The van der Waals surface area contributed by atoms with Gasteiger partial charge in [-0.3, -0.25) is 14.4 Å². The maximum absolute atomic E-state index is 13.4. The minimum Gasteiger partial charge on any atom is -0.392 e. The molecule has 7 N–H and O–H groups in total. The molecule has 0 saturated heterocycles. The molecule has 1 aromatic rings. The Balaban J connectivity index is 1.80. The summed E-state index contributed by atoms with van der Waals surface area (Å²) < 4.78 is 16.1. The van der Waals surface area contributed by atoms with Gasteiger partial charge in [0.15, 0.2) is 0 Å². The lowest BCUT2D eigenvalue weighted by Crippen LogP contribution is -2.58. The maximum Gasteiger partial charge on any atom is 0.312 e. The number of hydrogen-bond donors (Lipinski definition) is 6. The van der Waals surface area contributed by atoms with Gasteiger partial charge in [-0.1, -0.05) is 23.7 Å². The van der Waals surface area contributed by atoms with E-state index in [4.69, 9.17) is 25.5 Å². The Morgan fingerprint density at radius 2 is 1.60 bits per heavy atom. The van der Waals surface area contributed by atoms with Crippen molar-refractivity contribution in [2.24, 2.45) is 16.3 Å². The predicted molar refractivity (Wildman–Crippen MR) is 156 cm³/mol. The normalized spacial score (nSPS) is 14.0. The fourth-order valence-electron chi connectivity index (χ4n) is 4.19. The number of urea groups is 1. The Labute approximate surface area is 250 Å². The van der Waals surface area contributed by atoms with Gasteiger partial charge in [0.05, 0.1) is 46.2 Å². The van der Waals surface area contributed by atoms with Crippen molar-refractivity contribution in [1.29, 1.82) is 0 Å². The summed E-state index contributed by atoms with van der Waals surface area (Å²) in [6.07, 6.45) is 1.95. The van der Waals surface area contributed by atoms with Crippen molar-refractivity contribution in [3.8, 4) is 0 Å². The van der Waals surface area contributed by atoms with Crippen molar-refractivity contribution < 1.29 is 38.5 Å². The Bertz CT molecular complexity index is 1080. The van der Waals surface area contributed by atoms with E-state index in [1.165, 1.54) is 0 Å². The Hall–Kier alpha value is -3.95. The number of nitrogens with one attached hydrogen (secondary N) is 4. The number of amides is 5. The van der Waals surface area contributed by atoms with Crippen LogP contribution < -0.4 is 27.0 Å². The molecular weight excluding hydrogens is 564 g/mol. The van der Waals surface area contributed by atoms with Crippen LogP contribution in [0.25, 0.3) is 10.4 Å². The summed E-state index contributed by atoms with van der Waals surface area (Å²) in [7, 11) is 0. The van der Waals surface area contributed by atoms with Gasteiger partial charge in [-0.2, -0.15) is 0 Å². The molecule has 1 atom stereocenters. The van der Waals surface area contributed by atoms with Gasteiger partial charge >= 0.3 is 6.03 Å². The molecular formula is C27H42N8O8. The van der Waals surface area contributed by atoms with Crippen LogP contribution >= 0.6 is 0 Å². The molecule has 0 aliphatic heterocycles. The number of anilines is 1. The molecule has 1 aromatic carbocycles. The molecule has 0 heterocycles. The lowest BCUT2D eigenvalue weighted by atomic mass is 9.67. The van der Waals surface area contributed by atoms with Crippen molar-refractivity contribution in [1.82, 2.24) is 16.0 Å². The van der Waals surface area contributed by atoms with Gasteiger partial charge in [0.25, 0.3) is 0 Å². The van der Waals surface area contributed by atoms with Crippen molar-refractivity contribution >= 4 is 29.4 Å². The van der Waals surface area contributed by atoms with E-state index < -0.39 is 35.2 Å². The van der Waals surface area contributed by atoms with Crippen LogP contribution in [0.2, 0.25) is 0 Å². The molecule has 5 amide bonds. The molecule has 238 valence electrons. The molecule has 16 heteroatoms. The highest BCUT2D eigenvalue weighted by molar-refractivity contribution is 6.07. The van der Waals surface area contributed by atoms with Gasteiger partial charge in [0, 0.05) is 30.2 Å². The van der Waals surface area contributed by atoms with Crippen molar-refractivity contribution in [3.63, 3.8) is 0 Å². The largest absolute Gasteiger partial charge is 0.392 e. The lowest BCUT2D eigenvalue weighted by Gasteiger charge is -2.39. The number of carbonyl (C=O) groups excluding carboxylic acids is 4. The minimum atomic E-state index is -1.28. The van der Waals surface area contributed by atoms with Gasteiger partial charge in [0.1, 0.15) is 11.5 Å². The smallest absolute Gasteiger partial charge is 0.312 e.